The van der Waals surface area contributed by atoms with Gasteiger partial charge in [-0.1, -0.05) is 26.2 Å². The zero-order chi connectivity index (χ0) is 13.2. The van der Waals surface area contributed by atoms with Gasteiger partial charge in [-0.05, 0) is 37.0 Å². The summed E-state index contributed by atoms with van der Waals surface area (Å²) in [5.41, 5.74) is 2.92. The predicted molar refractivity (Wildman–Crippen MR) is 73.6 cm³/mol. The summed E-state index contributed by atoms with van der Waals surface area (Å²) in [6, 6.07) is 0.195. The van der Waals surface area contributed by atoms with Gasteiger partial charge < -0.3 is 0 Å². The SMILES string of the molecule is CCC1CCC(C(NN)C2CCS(=O)(=O)C2)CC1. The fourth-order valence-electron chi connectivity index (χ4n) is 3.72. The monoisotopic (exact) mass is 274 g/mol. The number of hydrazine groups is 1. The van der Waals surface area contributed by atoms with E-state index in [0.29, 0.717) is 17.4 Å². The van der Waals surface area contributed by atoms with Crippen molar-refractivity contribution in [3.8, 4) is 0 Å². The van der Waals surface area contributed by atoms with Crippen LogP contribution in [0.1, 0.15) is 45.4 Å². The molecule has 1 heterocycles. The van der Waals surface area contributed by atoms with Crippen LogP contribution >= 0.6 is 0 Å². The first-order valence-electron chi connectivity index (χ1n) is 7.22. The van der Waals surface area contributed by atoms with Gasteiger partial charge in [-0.15, -0.1) is 0 Å². The van der Waals surface area contributed by atoms with Gasteiger partial charge in [0.05, 0.1) is 11.5 Å². The number of hydrogen-bond acceptors (Lipinski definition) is 4. The average molecular weight is 274 g/mol. The highest BCUT2D eigenvalue weighted by molar-refractivity contribution is 7.91. The molecule has 1 saturated heterocycles. The molecule has 1 aliphatic heterocycles. The summed E-state index contributed by atoms with van der Waals surface area (Å²) in [7, 11) is -2.80. The summed E-state index contributed by atoms with van der Waals surface area (Å²) < 4.78 is 23.1. The molecule has 0 bridgehead atoms. The average Bonchev–Trinajstić information content (AvgIpc) is 2.71. The largest absolute Gasteiger partial charge is 0.271 e. The summed E-state index contributed by atoms with van der Waals surface area (Å²) in [6.07, 6.45) is 7.00. The molecule has 2 rings (SSSR count). The molecule has 2 fully saturated rings. The van der Waals surface area contributed by atoms with Crippen LogP contribution in [0.5, 0.6) is 0 Å². The summed E-state index contributed by atoms with van der Waals surface area (Å²) in [5, 5.41) is 0. The lowest BCUT2D eigenvalue weighted by Gasteiger charge is -2.35. The molecule has 18 heavy (non-hydrogen) atoms. The van der Waals surface area contributed by atoms with Crippen LogP contribution in [0.3, 0.4) is 0 Å². The van der Waals surface area contributed by atoms with Crippen molar-refractivity contribution in [2.24, 2.45) is 23.6 Å². The van der Waals surface area contributed by atoms with E-state index in [1.54, 1.807) is 0 Å². The number of nitrogens with one attached hydrogen (secondary N) is 1. The van der Waals surface area contributed by atoms with E-state index in [0.717, 1.165) is 12.3 Å². The number of rotatable bonds is 4. The molecule has 0 amide bonds. The van der Waals surface area contributed by atoms with Crippen LogP contribution in [0.15, 0.2) is 0 Å². The second-order valence-corrected chi connectivity index (χ2v) is 8.27. The summed E-state index contributed by atoms with van der Waals surface area (Å²) in [6.45, 7) is 2.26. The quantitative estimate of drug-likeness (QED) is 0.601. The van der Waals surface area contributed by atoms with Crippen molar-refractivity contribution < 1.29 is 8.42 Å². The molecule has 3 N–H and O–H groups in total. The van der Waals surface area contributed by atoms with Gasteiger partial charge in [0.25, 0.3) is 0 Å². The molecular formula is C13H26N2O2S. The van der Waals surface area contributed by atoms with E-state index in [2.05, 4.69) is 12.3 Å². The van der Waals surface area contributed by atoms with Gasteiger partial charge in [0.1, 0.15) is 0 Å². The van der Waals surface area contributed by atoms with Gasteiger partial charge in [-0.2, -0.15) is 0 Å². The molecule has 0 aromatic heterocycles. The van der Waals surface area contributed by atoms with Crippen LogP contribution < -0.4 is 11.3 Å². The van der Waals surface area contributed by atoms with Crippen molar-refractivity contribution >= 4 is 9.84 Å². The lowest BCUT2D eigenvalue weighted by molar-refractivity contribution is 0.184. The first-order chi connectivity index (χ1) is 8.55. The second-order valence-electron chi connectivity index (χ2n) is 6.04. The van der Waals surface area contributed by atoms with Crippen LogP contribution in [0.25, 0.3) is 0 Å². The Morgan fingerprint density at radius 3 is 2.28 bits per heavy atom. The van der Waals surface area contributed by atoms with E-state index in [-0.39, 0.29) is 12.0 Å². The smallest absolute Gasteiger partial charge is 0.150 e. The molecule has 1 aliphatic carbocycles. The Labute approximate surface area is 111 Å². The fraction of sp³-hybridized carbons (Fsp3) is 1.00. The highest BCUT2D eigenvalue weighted by Gasteiger charge is 2.38. The third kappa shape index (κ3) is 3.25. The molecule has 0 spiro atoms. The van der Waals surface area contributed by atoms with Crippen LogP contribution in [0, 0.1) is 17.8 Å². The van der Waals surface area contributed by atoms with Gasteiger partial charge >= 0.3 is 0 Å². The van der Waals surface area contributed by atoms with E-state index in [4.69, 9.17) is 5.84 Å². The van der Waals surface area contributed by atoms with Gasteiger partial charge in [-0.25, -0.2) is 8.42 Å². The van der Waals surface area contributed by atoms with Gasteiger partial charge in [0.15, 0.2) is 9.84 Å². The number of hydrogen-bond donors (Lipinski definition) is 2. The maximum atomic E-state index is 11.6. The van der Waals surface area contributed by atoms with E-state index >= 15 is 0 Å². The fourth-order valence-corrected chi connectivity index (χ4v) is 5.57. The molecule has 2 aliphatic rings. The molecular weight excluding hydrogens is 248 g/mol. The Bertz CT molecular complexity index is 361. The molecule has 0 aromatic carbocycles. The molecule has 0 radical (unpaired) electrons. The van der Waals surface area contributed by atoms with Gasteiger partial charge in [-0.3, -0.25) is 11.3 Å². The van der Waals surface area contributed by atoms with Crippen molar-refractivity contribution in [1.29, 1.82) is 0 Å². The Hall–Kier alpha value is -0.130. The number of nitrogens with two attached hydrogens (primary N) is 1. The van der Waals surface area contributed by atoms with E-state index in [9.17, 15) is 8.42 Å². The zero-order valence-corrected chi connectivity index (χ0v) is 12.1. The summed E-state index contributed by atoms with van der Waals surface area (Å²) in [5.74, 6) is 8.03. The van der Waals surface area contributed by atoms with Crippen LogP contribution in [-0.2, 0) is 9.84 Å². The van der Waals surface area contributed by atoms with Crippen molar-refractivity contribution in [3.05, 3.63) is 0 Å². The number of sulfone groups is 1. The molecule has 2 atom stereocenters. The highest BCUT2D eigenvalue weighted by Crippen LogP contribution is 2.36. The molecule has 4 nitrogen and oxygen atoms in total. The summed E-state index contributed by atoms with van der Waals surface area (Å²) >= 11 is 0. The molecule has 5 heteroatoms. The van der Waals surface area contributed by atoms with Crippen molar-refractivity contribution in [2.45, 2.75) is 51.5 Å². The molecule has 2 unspecified atom stereocenters. The normalized spacial score (nSPS) is 37.6. The lowest BCUT2D eigenvalue weighted by Crippen LogP contribution is -2.47. The first kappa shape index (κ1) is 14.3. The van der Waals surface area contributed by atoms with Crippen LogP contribution in [0.4, 0.5) is 0 Å². The van der Waals surface area contributed by atoms with E-state index in [1.807, 2.05) is 0 Å². The Balaban J connectivity index is 1.94. The second kappa shape index (κ2) is 5.88. The highest BCUT2D eigenvalue weighted by atomic mass is 32.2. The van der Waals surface area contributed by atoms with Crippen molar-refractivity contribution in [3.63, 3.8) is 0 Å². The molecule has 106 valence electrons. The minimum atomic E-state index is -2.80. The molecule has 1 saturated carbocycles. The third-order valence-corrected chi connectivity index (χ3v) is 6.74. The topological polar surface area (TPSA) is 72.2 Å². The van der Waals surface area contributed by atoms with Crippen LogP contribution in [-0.4, -0.2) is 26.0 Å². The third-order valence-electron chi connectivity index (χ3n) is 4.94. The zero-order valence-electron chi connectivity index (χ0n) is 11.3. The maximum Gasteiger partial charge on any atom is 0.150 e. The lowest BCUT2D eigenvalue weighted by atomic mass is 9.74. The minimum absolute atomic E-state index is 0.195. The Morgan fingerprint density at radius 1 is 1.17 bits per heavy atom. The Kier molecular flexibility index (Phi) is 4.67. The van der Waals surface area contributed by atoms with Crippen molar-refractivity contribution in [2.75, 3.05) is 11.5 Å². The van der Waals surface area contributed by atoms with Crippen LogP contribution in [0.2, 0.25) is 0 Å². The van der Waals surface area contributed by atoms with Crippen molar-refractivity contribution in [1.82, 2.24) is 5.43 Å². The summed E-state index contributed by atoms with van der Waals surface area (Å²) in [4.78, 5) is 0. The first-order valence-corrected chi connectivity index (χ1v) is 9.04. The molecule has 0 aromatic rings. The van der Waals surface area contributed by atoms with Gasteiger partial charge in [0.2, 0.25) is 0 Å². The standard InChI is InChI=1S/C13H26N2O2S/c1-2-10-3-5-11(6-4-10)13(15-14)12-7-8-18(16,17)9-12/h10-13,15H,2-9,14H2,1H3. The maximum absolute atomic E-state index is 11.6. The Morgan fingerprint density at radius 2 is 1.83 bits per heavy atom. The van der Waals surface area contributed by atoms with E-state index < -0.39 is 9.84 Å². The minimum Gasteiger partial charge on any atom is -0.271 e. The van der Waals surface area contributed by atoms with E-state index in [1.165, 1.54) is 32.1 Å². The van der Waals surface area contributed by atoms with Gasteiger partial charge in [0, 0.05) is 6.04 Å². The predicted octanol–water partition coefficient (Wildman–Crippen LogP) is 1.47.